The second-order valence-electron chi connectivity index (χ2n) is 5.68. The number of hydrogen-bond donors (Lipinski definition) is 1. The average Bonchev–Trinajstić information content (AvgIpc) is 2.88. The third-order valence-corrected chi connectivity index (χ3v) is 6.25. The minimum absolute atomic E-state index is 0.172. The van der Waals surface area contributed by atoms with Crippen molar-refractivity contribution in [3.8, 4) is 0 Å². The molecule has 0 aliphatic rings. The summed E-state index contributed by atoms with van der Waals surface area (Å²) in [5, 5.41) is 2.68. The van der Waals surface area contributed by atoms with Gasteiger partial charge >= 0.3 is 0 Å². The van der Waals surface area contributed by atoms with E-state index in [1.54, 1.807) is 19.2 Å². The lowest BCUT2D eigenvalue weighted by Crippen LogP contribution is -2.30. The van der Waals surface area contributed by atoms with Crippen molar-refractivity contribution in [2.75, 3.05) is 0 Å². The van der Waals surface area contributed by atoms with E-state index in [2.05, 4.69) is 9.71 Å². The van der Waals surface area contributed by atoms with Gasteiger partial charge in [-0.15, -0.1) is 11.3 Å². The van der Waals surface area contributed by atoms with E-state index in [0.29, 0.717) is 16.8 Å². The van der Waals surface area contributed by atoms with Crippen LogP contribution < -0.4 is 4.72 Å². The fourth-order valence-corrected chi connectivity index (χ4v) is 4.56. The summed E-state index contributed by atoms with van der Waals surface area (Å²) in [7, 11) is -3.93. The van der Waals surface area contributed by atoms with Crippen LogP contribution in [0.5, 0.6) is 0 Å². The summed E-state index contributed by atoms with van der Waals surface area (Å²) in [5.41, 5.74) is 3.68. The van der Waals surface area contributed by atoms with E-state index >= 15 is 0 Å². The lowest BCUT2D eigenvalue weighted by molar-refractivity contribution is -0.114. The van der Waals surface area contributed by atoms with E-state index in [1.807, 2.05) is 26.8 Å². The number of rotatable bonds is 4. The summed E-state index contributed by atoms with van der Waals surface area (Å²) in [5.74, 6) is -0.696. The van der Waals surface area contributed by atoms with Gasteiger partial charge in [0.25, 0.3) is 15.9 Å². The highest BCUT2D eigenvalue weighted by atomic mass is 32.2. The van der Waals surface area contributed by atoms with E-state index in [-0.39, 0.29) is 4.90 Å². The SMILES string of the molecule is Cc1nc(/C=C/C(=O)NS(=O)(=O)c2c(C)c(C)cc(C)c2C)cs1. The zero-order chi connectivity index (χ0) is 18.1. The molecule has 0 radical (unpaired) electrons. The molecule has 1 N–H and O–H groups in total. The van der Waals surface area contributed by atoms with Crippen LogP contribution in [0.3, 0.4) is 0 Å². The zero-order valence-corrected chi connectivity index (χ0v) is 15.9. The first-order chi connectivity index (χ1) is 11.1. The molecule has 2 rings (SSSR count). The molecule has 0 unspecified atom stereocenters. The van der Waals surface area contributed by atoms with Crippen LogP contribution in [0.2, 0.25) is 0 Å². The number of nitrogens with one attached hydrogen (secondary N) is 1. The van der Waals surface area contributed by atoms with Crippen molar-refractivity contribution in [2.24, 2.45) is 0 Å². The van der Waals surface area contributed by atoms with Gasteiger partial charge in [0, 0.05) is 11.5 Å². The standard InChI is InChI=1S/C17H20N2O3S2/c1-10-8-11(2)13(4)17(12(10)3)24(21,22)19-16(20)7-6-15-9-23-14(5)18-15/h6-9H,1-5H3,(H,19,20)/b7-6+. The van der Waals surface area contributed by atoms with Gasteiger partial charge < -0.3 is 0 Å². The quantitative estimate of drug-likeness (QED) is 0.845. The number of carbonyl (C=O) groups excluding carboxylic acids is 1. The Balaban J connectivity index is 2.29. The number of benzene rings is 1. The number of sulfonamides is 1. The smallest absolute Gasteiger partial charge is 0.264 e. The number of aromatic nitrogens is 1. The molecular weight excluding hydrogens is 344 g/mol. The molecule has 1 heterocycles. The van der Waals surface area contributed by atoms with Crippen LogP contribution in [0.25, 0.3) is 6.08 Å². The molecule has 0 bridgehead atoms. The lowest BCUT2D eigenvalue weighted by Gasteiger charge is -2.15. The summed E-state index contributed by atoms with van der Waals surface area (Å²) in [6.45, 7) is 9.06. The van der Waals surface area contributed by atoms with Crippen molar-refractivity contribution >= 4 is 33.3 Å². The van der Waals surface area contributed by atoms with Crippen LogP contribution in [0.4, 0.5) is 0 Å². The van der Waals surface area contributed by atoms with E-state index in [4.69, 9.17) is 0 Å². The first-order valence-corrected chi connectivity index (χ1v) is 9.72. The van der Waals surface area contributed by atoms with Gasteiger partial charge in [-0.1, -0.05) is 6.07 Å². The minimum atomic E-state index is -3.93. The van der Waals surface area contributed by atoms with E-state index in [1.165, 1.54) is 23.5 Å². The van der Waals surface area contributed by atoms with Crippen molar-refractivity contribution in [3.63, 3.8) is 0 Å². The number of amides is 1. The summed E-state index contributed by atoms with van der Waals surface area (Å²) < 4.78 is 27.4. The Hall–Kier alpha value is -1.99. The van der Waals surface area contributed by atoms with Gasteiger partial charge in [-0.05, 0) is 62.9 Å². The second-order valence-corrected chi connectivity index (χ2v) is 8.37. The van der Waals surface area contributed by atoms with Crippen LogP contribution in [-0.2, 0) is 14.8 Å². The highest BCUT2D eigenvalue weighted by Crippen LogP contribution is 2.25. The molecule has 2 aromatic rings. The van der Waals surface area contributed by atoms with Gasteiger partial charge in [-0.2, -0.15) is 0 Å². The third kappa shape index (κ3) is 3.91. The molecule has 24 heavy (non-hydrogen) atoms. The molecule has 7 heteroatoms. The minimum Gasteiger partial charge on any atom is -0.269 e. The summed E-state index contributed by atoms with van der Waals surface area (Å²) in [4.78, 5) is 16.4. The molecule has 0 saturated heterocycles. The van der Waals surface area contributed by atoms with Crippen molar-refractivity contribution in [2.45, 2.75) is 39.5 Å². The Morgan fingerprint density at radius 3 is 2.21 bits per heavy atom. The predicted octanol–water partition coefficient (Wildman–Crippen LogP) is 3.20. The summed E-state index contributed by atoms with van der Waals surface area (Å²) in [6.07, 6.45) is 2.68. The van der Waals surface area contributed by atoms with Gasteiger partial charge in [0.2, 0.25) is 0 Å². The molecule has 0 aliphatic heterocycles. The maximum absolute atomic E-state index is 12.6. The summed E-state index contributed by atoms with van der Waals surface area (Å²) in [6, 6.07) is 1.94. The number of carbonyl (C=O) groups is 1. The molecule has 0 spiro atoms. The molecule has 0 fully saturated rings. The topological polar surface area (TPSA) is 76.1 Å². The number of hydrogen-bond acceptors (Lipinski definition) is 5. The molecule has 1 aromatic carbocycles. The van der Waals surface area contributed by atoms with E-state index < -0.39 is 15.9 Å². The Morgan fingerprint density at radius 2 is 1.71 bits per heavy atom. The molecule has 5 nitrogen and oxygen atoms in total. The van der Waals surface area contributed by atoms with Crippen LogP contribution in [-0.4, -0.2) is 19.3 Å². The summed E-state index contributed by atoms with van der Waals surface area (Å²) >= 11 is 1.46. The Bertz CT molecular complexity index is 899. The lowest BCUT2D eigenvalue weighted by atomic mass is 10.0. The number of nitrogens with zero attached hydrogens (tertiary/aromatic N) is 1. The normalized spacial score (nSPS) is 11.9. The largest absolute Gasteiger partial charge is 0.269 e. The van der Waals surface area contributed by atoms with Crippen molar-refractivity contribution in [3.05, 3.63) is 50.5 Å². The van der Waals surface area contributed by atoms with Gasteiger partial charge in [0.05, 0.1) is 15.6 Å². The average molecular weight is 364 g/mol. The Labute approximate surface area is 146 Å². The third-order valence-electron chi connectivity index (χ3n) is 3.84. The first-order valence-electron chi connectivity index (χ1n) is 7.36. The molecular formula is C17H20N2O3S2. The van der Waals surface area contributed by atoms with Crippen LogP contribution >= 0.6 is 11.3 Å². The van der Waals surface area contributed by atoms with Crippen molar-refractivity contribution in [1.29, 1.82) is 0 Å². The Kier molecular flexibility index (Phi) is 5.25. The first kappa shape index (κ1) is 18.4. The highest BCUT2D eigenvalue weighted by molar-refractivity contribution is 7.90. The molecule has 1 amide bonds. The van der Waals surface area contributed by atoms with Gasteiger partial charge in [0.1, 0.15) is 0 Å². The number of thiazole rings is 1. The fraction of sp³-hybridized carbons (Fsp3) is 0.294. The van der Waals surface area contributed by atoms with Gasteiger partial charge in [-0.3, -0.25) is 4.79 Å². The second kappa shape index (κ2) is 6.86. The van der Waals surface area contributed by atoms with Crippen molar-refractivity contribution in [1.82, 2.24) is 9.71 Å². The maximum atomic E-state index is 12.6. The Morgan fingerprint density at radius 1 is 1.12 bits per heavy atom. The number of aryl methyl sites for hydroxylation is 3. The molecule has 0 atom stereocenters. The highest BCUT2D eigenvalue weighted by Gasteiger charge is 2.23. The molecule has 128 valence electrons. The van der Waals surface area contributed by atoms with Gasteiger partial charge in [-0.25, -0.2) is 18.1 Å². The van der Waals surface area contributed by atoms with Gasteiger partial charge in [0.15, 0.2) is 0 Å². The molecule has 0 aliphatic carbocycles. The predicted molar refractivity (Wildman–Crippen MR) is 96.6 cm³/mol. The van der Waals surface area contributed by atoms with Crippen LogP contribution in [0, 0.1) is 34.6 Å². The molecule has 0 saturated carbocycles. The van der Waals surface area contributed by atoms with E-state index in [0.717, 1.165) is 16.1 Å². The molecule has 1 aromatic heterocycles. The zero-order valence-electron chi connectivity index (χ0n) is 14.3. The van der Waals surface area contributed by atoms with Crippen LogP contribution in [0.1, 0.15) is 33.0 Å². The maximum Gasteiger partial charge on any atom is 0.264 e. The van der Waals surface area contributed by atoms with Crippen molar-refractivity contribution < 1.29 is 13.2 Å². The fourth-order valence-electron chi connectivity index (χ4n) is 2.42. The monoisotopic (exact) mass is 364 g/mol. The van der Waals surface area contributed by atoms with Crippen LogP contribution in [0.15, 0.2) is 22.4 Å². The van der Waals surface area contributed by atoms with E-state index in [9.17, 15) is 13.2 Å².